The highest BCUT2D eigenvalue weighted by Crippen LogP contribution is 2.35. The summed E-state index contributed by atoms with van der Waals surface area (Å²) in [5.74, 6) is -0.183. The molecule has 1 heterocycles. The molecule has 0 amide bonds. The van der Waals surface area contributed by atoms with Gasteiger partial charge in [0.15, 0.2) is 0 Å². The number of hydrogen-bond acceptors (Lipinski definition) is 2. The number of aliphatic carboxylic acids is 1. The summed E-state index contributed by atoms with van der Waals surface area (Å²) in [4.78, 5) is 10.9. The van der Waals surface area contributed by atoms with Crippen molar-refractivity contribution in [1.82, 2.24) is 5.32 Å². The average molecular weight is 298 g/mol. The van der Waals surface area contributed by atoms with Crippen molar-refractivity contribution in [3.05, 3.63) is 34.3 Å². The van der Waals surface area contributed by atoms with Gasteiger partial charge in [-0.2, -0.15) is 0 Å². The number of nitrogens with one attached hydrogen (secondary N) is 1. The van der Waals surface area contributed by atoms with Crippen LogP contribution in [0.5, 0.6) is 0 Å². The molecule has 17 heavy (non-hydrogen) atoms. The van der Waals surface area contributed by atoms with Gasteiger partial charge in [-0.3, -0.25) is 4.79 Å². The fraction of sp³-hybridized carbons (Fsp3) is 0.462. The van der Waals surface area contributed by atoms with E-state index in [0.717, 1.165) is 24.0 Å². The standard InChI is InChI=1S/C13H16BrNO2/c14-12-4-2-1-3-10(12)11-8-15-6-5-9(11)7-13(16)17/h1-4,9,11,15H,5-8H2,(H,16,17). The molecular weight excluding hydrogens is 282 g/mol. The lowest BCUT2D eigenvalue weighted by atomic mass is 9.79. The number of hydrogen-bond donors (Lipinski definition) is 2. The number of carboxylic acid groups (broad SMARTS) is 1. The van der Waals surface area contributed by atoms with Gasteiger partial charge in [0.25, 0.3) is 0 Å². The summed E-state index contributed by atoms with van der Waals surface area (Å²) in [7, 11) is 0. The molecule has 0 spiro atoms. The van der Waals surface area contributed by atoms with Crippen LogP contribution in [0, 0.1) is 5.92 Å². The molecule has 1 aromatic carbocycles. The Morgan fingerprint density at radius 1 is 1.47 bits per heavy atom. The highest BCUT2D eigenvalue weighted by atomic mass is 79.9. The predicted molar refractivity (Wildman–Crippen MR) is 70.1 cm³/mol. The Kier molecular flexibility index (Phi) is 4.18. The van der Waals surface area contributed by atoms with Crippen LogP contribution in [-0.2, 0) is 4.79 Å². The molecule has 0 radical (unpaired) electrons. The minimum atomic E-state index is -0.700. The van der Waals surface area contributed by atoms with E-state index in [1.165, 1.54) is 5.56 Å². The first kappa shape index (κ1) is 12.6. The monoisotopic (exact) mass is 297 g/mol. The van der Waals surface area contributed by atoms with Crippen molar-refractivity contribution in [2.24, 2.45) is 5.92 Å². The molecule has 2 N–H and O–H groups in total. The summed E-state index contributed by atoms with van der Waals surface area (Å²) in [6.07, 6.45) is 1.19. The molecule has 1 saturated heterocycles. The zero-order valence-electron chi connectivity index (χ0n) is 9.53. The van der Waals surface area contributed by atoms with Gasteiger partial charge in [-0.1, -0.05) is 34.1 Å². The van der Waals surface area contributed by atoms with Crippen LogP contribution in [0.2, 0.25) is 0 Å². The lowest BCUT2D eigenvalue weighted by Gasteiger charge is -2.32. The number of piperidine rings is 1. The first-order chi connectivity index (χ1) is 8.18. The Labute approximate surface area is 109 Å². The Morgan fingerprint density at radius 3 is 2.94 bits per heavy atom. The maximum Gasteiger partial charge on any atom is 0.303 e. The van der Waals surface area contributed by atoms with Gasteiger partial charge >= 0.3 is 5.97 Å². The molecule has 2 atom stereocenters. The third-order valence-electron chi connectivity index (χ3n) is 3.37. The lowest BCUT2D eigenvalue weighted by Crippen LogP contribution is -2.36. The van der Waals surface area contributed by atoms with Crippen molar-refractivity contribution in [1.29, 1.82) is 0 Å². The molecule has 0 bridgehead atoms. The molecule has 2 unspecified atom stereocenters. The van der Waals surface area contributed by atoms with Crippen LogP contribution in [0.4, 0.5) is 0 Å². The van der Waals surface area contributed by atoms with Gasteiger partial charge in [-0.15, -0.1) is 0 Å². The third kappa shape index (κ3) is 3.07. The molecule has 1 fully saturated rings. The fourth-order valence-corrected chi connectivity index (χ4v) is 3.10. The summed E-state index contributed by atoms with van der Waals surface area (Å²) in [5.41, 5.74) is 1.21. The fourth-order valence-electron chi connectivity index (χ4n) is 2.52. The molecule has 0 saturated carbocycles. The van der Waals surface area contributed by atoms with Crippen LogP contribution >= 0.6 is 15.9 Å². The van der Waals surface area contributed by atoms with Gasteiger partial charge in [0.1, 0.15) is 0 Å². The zero-order chi connectivity index (χ0) is 12.3. The van der Waals surface area contributed by atoms with Crippen molar-refractivity contribution in [2.45, 2.75) is 18.8 Å². The van der Waals surface area contributed by atoms with Crippen LogP contribution in [-0.4, -0.2) is 24.2 Å². The van der Waals surface area contributed by atoms with Gasteiger partial charge in [-0.05, 0) is 30.5 Å². The second kappa shape index (κ2) is 5.65. The molecule has 1 aliphatic heterocycles. The third-order valence-corrected chi connectivity index (χ3v) is 4.09. The van der Waals surface area contributed by atoms with Crippen LogP contribution in [0.3, 0.4) is 0 Å². The second-order valence-electron chi connectivity index (χ2n) is 4.48. The van der Waals surface area contributed by atoms with Crippen LogP contribution < -0.4 is 5.32 Å². The van der Waals surface area contributed by atoms with Crippen molar-refractivity contribution in [2.75, 3.05) is 13.1 Å². The molecule has 0 aliphatic carbocycles. The minimum Gasteiger partial charge on any atom is -0.481 e. The number of carboxylic acids is 1. The van der Waals surface area contributed by atoms with Crippen molar-refractivity contribution in [3.63, 3.8) is 0 Å². The molecule has 0 aromatic heterocycles. The first-order valence-electron chi connectivity index (χ1n) is 5.85. The molecule has 1 aliphatic rings. The van der Waals surface area contributed by atoms with E-state index in [2.05, 4.69) is 27.3 Å². The average Bonchev–Trinajstić information content (AvgIpc) is 2.30. The highest BCUT2D eigenvalue weighted by Gasteiger charge is 2.29. The summed E-state index contributed by atoms with van der Waals surface area (Å²) in [6, 6.07) is 8.08. The van der Waals surface area contributed by atoms with Crippen molar-refractivity contribution in [3.8, 4) is 0 Å². The van der Waals surface area contributed by atoms with Crippen LogP contribution in [0.15, 0.2) is 28.7 Å². The predicted octanol–water partition coefficient (Wildman–Crippen LogP) is 2.62. The smallest absolute Gasteiger partial charge is 0.303 e. The van der Waals surface area contributed by atoms with E-state index in [0.29, 0.717) is 0 Å². The SMILES string of the molecule is O=C(O)CC1CCNCC1c1ccccc1Br. The van der Waals surface area contributed by atoms with E-state index in [1.807, 2.05) is 18.2 Å². The molecule has 4 heteroatoms. The maximum absolute atomic E-state index is 10.9. The van der Waals surface area contributed by atoms with E-state index >= 15 is 0 Å². The Morgan fingerprint density at radius 2 is 2.24 bits per heavy atom. The Hall–Kier alpha value is -0.870. The summed E-state index contributed by atoms with van der Waals surface area (Å²) >= 11 is 3.55. The first-order valence-corrected chi connectivity index (χ1v) is 6.64. The minimum absolute atomic E-state index is 0.229. The van der Waals surface area contributed by atoms with Gasteiger partial charge in [0, 0.05) is 23.4 Å². The maximum atomic E-state index is 10.9. The van der Waals surface area contributed by atoms with E-state index in [1.54, 1.807) is 0 Å². The van der Waals surface area contributed by atoms with Gasteiger partial charge in [0.05, 0.1) is 0 Å². The zero-order valence-corrected chi connectivity index (χ0v) is 11.1. The Balaban J connectivity index is 2.21. The second-order valence-corrected chi connectivity index (χ2v) is 5.33. The molecular formula is C13H16BrNO2. The normalized spacial score (nSPS) is 24.5. The number of benzene rings is 1. The van der Waals surface area contributed by atoms with Crippen molar-refractivity contribution >= 4 is 21.9 Å². The quantitative estimate of drug-likeness (QED) is 0.902. The van der Waals surface area contributed by atoms with Crippen LogP contribution in [0.25, 0.3) is 0 Å². The van der Waals surface area contributed by atoms with Gasteiger partial charge < -0.3 is 10.4 Å². The van der Waals surface area contributed by atoms with Gasteiger partial charge in [-0.25, -0.2) is 0 Å². The van der Waals surface area contributed by atoms with E-state index < -0.39 is 5.97 Å². The summed E-state index contributed by atoms with van der Waals surface area (Å²) < 4.78 is 1.07. The lowest BCUT2D eigenvalue weighted by molar-refractivity contribution is -0.138. The molecule has 92 valence electrons. The van der Waals surface area contributed by atoms with Crippen LogP contribution in [0.1, 0.15) is 24.3 Å². The van der Waals surface area contributed by atoms with Gasteiger partial charge in [0.2, 0.25) is 0 Å². The number of halogens is 1. The van der Waals surface area contributed by atoms with E-state index in [4.69, 9.17) is 5.11 Å². The van der Waals surface area contributed by atoms with E-state index in [9.17, 15) is 4.79 Å². The molecule has 1 aromatic rings. The topological polar surface area (TPSA) is 49.3 Å². The molecule has 2 rings (SSSR count). The number of carbonyl (C=O) groups is 1. The largest absolute Gasteiger partial charge is 0.481 e. The highest BCUT2D eigenvalue weighted by molar-refractivity contribution is 9.10. The van der Waals surface area contributed by atoms with E-state index in [-0.39, 0.29) is 18.3 Å². The van der Waals surface area contributed by atoms with Crippen molar-refractivity contribution < 1.29 is 9.90 Å². The Bertz CT molecular complexity index is 408. The number of rotatable bonds is 3. The molecule has 3 nitrogen and oxygen atoms in total. The summed E-state index contributed by atoms with van der Waals surface area (Å²) in [5, 5.41) is 12.3. The summed E-state index contributed by atoms with van der Waals surface area (Å²) in [6.45, 7) is 1.78.